The van der Waals surface area contributed by atoms with Gasteiger partial charge < -0.3 is 10.2 Å². The lowest BCUT2D eigenvalue weighted by Crippen LogP contribution is -2.36. The van der Waals surface area contributed by atoms with E-state index < -0.39 is 0 Å². The molecule has 0 atom stereocenters. The topological polar surface area (TPSA) is 59.4 Å². The van der Waals surface area contributed by atoms with Gasteiger partial charge in [-0.3, -0.25) is 9.69 Å². The van der Waals surface area contributed by atoms with E-state index in [1.807, 2.05) is 49.4 Å². The predicted octanol–water partition coefficient (Wildman–Crippen LogP) is 3.78. The molecule has 0 unspecified atom stereocenters. The number of nitriles is 1. The summed E-state index contributed by atoms with van der Waals surface area (Å²) in [5.41, 5.74) is 3.71. The van der Waals surface area contributed by atoms with Crippen molar-refractivity contribution in [3.05, 3.63) is 58.1 Å². The van der Waals surface area contributed by atoms with E-state index in [4.69, 9.17) is 5.26 Å². The number of anilines is 2. The van der Waals surface area contributed by atoms with Gasteiger partial charge in [-0.05, 0) is 61.4 Å². The van der Waals surface area contributed by atoms with E-state index in [2.05, 4.69) is 37.1 Å². The van der Waals surface area contributed by atoms with Crippen molar-refractivity contribution in [2.45, 2.75) is 13.3 Å². The summed E-state index contributed by atoms with van der Waals surface area (Å²) in [5, 5.41) is 11.9. The maximum Gasteiger partial charge on any atom is 0.238 e. The molecule has 27 heavy (non-hydrogen) atoms. The quantitative estimate of drug-likeness (QED) is 0.807. The Bertz CT molecular complexity index is 844. The molecule has 140 valence electrons. The highest BCUT2D eigenvalue weighted by Gasteiger charge is 2.18. The van der Waals surface area contributed by atoms with Crippen LogP contribution in [0.4, 0.5) is 11.4 Å². The summed E-state index contributed by atoms with van der Waals surface area (Å²) in [6.45, 7) is 5.96. The lowest BCUT2D eigenvalue weighted by molar-refractivity contribution is -0.117. The number of carbonyl (C=O) groups is 1. The second kappa shape index (κ2) is 9.03. The van der Waals surface area contributed by atoms with E-state index in [-0.39, 0.29) is 5.91 Å². The van der Waals surface area contributed by atoms with Crippen LogP contribution in [0.1, 0.15) is 17.5 Å². The van der Waals surface area contributed by atoms with Gasteiger partial charge in [0.25, 0.3) is 0 Å². The maximum absolute atomic E-state index is 12.4. The van der Waals surface area contributed by atoms with Crippen molar-refractivity contribution in [1.29, 1.82) is 5.26 Å². The minimum Gasteiger partial charge on any atom is -0.370 e. The number of amides is 1. The van der Waals surface area contributed by atoms with Gasteiger partial charge in [0.1, 0.15) is 0 Å². The Hall–Kier alpha value is -2.36. The molecule has 5 nitrogen and oxygen atoms in total. The normalized spacial score (nSPS) is 15.1. The van der Waals surface area contributed by atoms with Gasteiger partial charge >= 0.3 is 0 Å². The Labute approximate surface area is 168 Å². The number of halogens is 1. The Balaban J connectivity index is 1.54. The fraction of sp³-hybridized carbons (Fsp3) is 0.333. The van der Waals surface area contributed by atoms with Gasteiger partial charge in [0, 0.05) is 42.0 Å². The van der Waals surface area contributed by atoms with Crippen LogP contribution < -0.4 is 10.2 Å². The third kappa shape index (κ3) is 5.31. The van der Waals surface area contributed by atoms with Gasteiger partial charge in [0.05, 0.1) is 18.2 Å². The molecule has 6 heteroatoms. The first-order valence-electron chi connectivity index (χ1n) is 9.08. The van der Waals surface area contributed by atoms with Crippen LogP contribution in [-0.2, 0) is 4.79 Å². The van der Waals surface area contributed by atoms with Gasteiger partial charge in [-0.1, -0.05) is 15.9 Å². The Morgan fingerprint density at radius 3 is 2.63 bits per heavy atom. The number of rotatable bonds is 4. The molecule has 1 aliphatic rings. The van der Waals surface area contributed by atoms with Gasteiger partial charge in [0.2, 0.25) is 5.91 Å². The summed E-state index contributed by atoms with van der Waals surface area (Å²) < 4.78 is 1.01. The van der Waals surface area contributed by atoms with Gasteiger partial charge in [-0.2, -0.15) is 5.26 Å². The Morgan fingerprint density at radius 1 is 1.15 bits per heavy atom. The third-order valence-electron chi connectivity index (χ3n) is 4.78. The molecule has 1 heterocycles. The minimum atomic E-state index is 0.0206. The molecule has 2 aromatic carbocycles. The third-order valence-corrected chi connectivity index (χ3v) is 5.27. The monoisotopic (exact) mass is 426 g/mol. The molecule has 0 saturated carbocycles. The molecule has 1 fully saturated rings. The van der Waals surface area contributed by atoms with E-state index in [1.54, 1.807) is 0 Å². The zero-order chi connectivity index (χ0) is 19.2. The minimum absolute atomic E-state index is 0.0206. The summed E-state index contributed by atoms with van der Waals surface area (Å²) in [4.78, 5) is 17.0. The fourth-order valence-electron chi connectivity index (χ4n) is 3.29. The lowest BCUT2D eigenvalue weighted by atomic mass is 10.2. The van der Waals surface area contributed by atoms with Crippen molar-refractivity contribution >= 4 is 33.2 Å². The molecule has 1 saturated heterocycles. The molecule has 0 aromatic heterocycles. The number of hydrogen-bond donors (Lipinski definition) is 1. The van der Waals surface area contributed by atoms with Crippen molar-refractivity contribution in [3.8, 4) is 6.07 Å². The number of nitrogens with one attached hydrogen (secondary N) is 1. The summed E-state index contributed by atoms with van der Waals surface area (Å²) in [6.07, 6.45) is 1.00. The Kier molecular flexibility index (Phi) is 6.49. The fourth-order valence-corrected chi connectivity index (χ4v) is 3.77. The van der Waals surface area contributed by atoms with Crippen LogP contribution >= 0.6 is 15.9 Å². The smallest absolute Gasteiger partial charge is 0.238 e. The van der Waals surface area contributed by atoms with Crippen molar-refractivity contribution in [1.82, 2.24) is 4.90 Å². The predicted molar refractivity (Wildman–Crippen MR) is 112 cm³/mol. The number of carbonyl (C=O) groups excluding carboxylic acids is 1. The molecule has 1 aliphatic heterocycles. The van der Waals surface area contributed by atoms with E-state index in [1.165, 1.54) is 0 Å². The van der Waals surface area contributed by atoms with E-state index in [0.717, 1.165) is 54.0 Å². The Morgan fingerprint density at radius 2 is 1.93 bits per heavy atom. The van der Waals surface area contributed by atoms with Crippen LogP contribution in [0.5, 0.6) is 0 Å². The molecule has 0 bridgehead atoms. The molecule has 0 spiro atoms. The van der Waals surface area contributed by atoms with Crippen molar-refractivity contribution in [2.75, 3.05) is 42.9 Å². The van der Waals surface area contributed by atoms with Gasteiger partial charge in [-0.15, -0.1) is 0 Å². The average molecular weight is 427 g/mol. The van der Waals surface area contributed by atoms with E-state index in [0.29, 0.717) is 12.1 Å². The van der Waals surface area contributed by atoms with Crippen LogP contribution in [0.3, 0.4) is 0 Å². The summed E-state index contributed by atoms with van der Waals surface area (Å²) in [7, 11) is 0. The molecule has 1 amide bonds. The first-order valence-corrected chi connectivity index (χ1v) is 9.88. The largest absolute Gasteiger partial charge is 0.370 e. The van der Waals surface area contributed by atoms with E-state index >= 15 is 0 Å². The standard InChI is InChI=1S/C21H23BrN4O/c1-16-13-18(22)5-8-20(16)24-21(27)15-25-9-2-10-26(12-11-25)19-6-3-17(14-23)4-7-19/h3-8,13H,2,9-12,15H2,1H3,(H,24,27). The number of aryl methyl sites for hydroxylation is 1. The first kappa shape index (κ1) is 19.4. The number of nitrogens with zero attached hydrogens (tertiary/aromatic N) is 3. The van der Waals surface area contributed by atoms with Crippen molar-refractivity contribution in [2.24, 2.45) is 0 Å². The lowest BCUT2D eigenvalue weighted by Gasteiger charge is -2.23. The summed E-state index contributed by atoms with van der Waals surface area (Å²) >= 11 is 3.44. The number of hydrogen-bond acceptors (Lipinski definition) is 4. The van der Waals surface area contributed by atoms with Gasteiger partial charge in [-0.25, -0.2) is 0 Å². The second-order valence-electron chi connectivity index (χ2n) is 6.78. The molecular formula is C21H23BrN4O. The molecule has 2 aromatic rings. The van der Waals surface area contributed by atoms with Gasteiger partial charge in [0.15, 0.2) is 0 Å². The number of benzene rings is 2. The zero-order valence-electron chi connectivity index (χ0n) is 15.4. The molecule has 0 aliphatic carbocycles. The highest BCUT2D eigenvalue weighted by Crippen LogP contribution is 2.20. The average Bonchev–Trinajstić information content (AvgIpc) is 2.90. The van der Waals surface area contributed by atoms with Crippen LogP contribution in [0, 0.1) is 18.3 Å². The maximum atomic E-state index is 12.4. The zero-order valence-corrected chi connectivity index (χ0v) is 17.0. The van der Waals surface area contributed by atoms with Crippen LogP contribution in [-0.4, -0.2) is 43.5 Å². The van der Waals surface area contributed by atoms with Crippen molar-refractivity contribution < 1.29 is 4.79 Å². The van der Waals surface area contributed by atoms with Crippen LogP contribution in [0.2, 0.25) is 0 Å². The highest BCUT2D eigenvalue weighted by molar-refractivity contribution is 9.10. The van der Waals surface area contributed by atoms with Crippen molar-refractivity contribution in [3.63, 3.8) is 0 Å². The SMILES string of the molecule is Cc1cc(Br)ccc1NC(=O)CN1CCCN(c2ccc(C#N)cc2)CC1. The van der Waals surface area contributed by atoms with Crippen LogP contribution in [0.25, 0.3) is 0 Å². The molecular weight excluding hydrogens is 404 g/mol. The summed E-state index contributed by atoms with van der Waals surface area (Å²) in [5.74, 6) is 0.0206. The first-order chi connectivity index (χ1) is 13.0. The molecule has 1 N–H and O–H groups in total. The van der Waals surface area contributed by atoms with E-state index in [9.17, 15) is 4.79 Å². The van der Waals surface area contributed by atoms with Crippen LogP contribution in [0.15, 0.2) is 46.9 Å². The molecule has 0 radical (unpaired) electrons. The molecule has 3 rings (SSSR count). The summed E-state index contributed by atoms with van der Waals surface area (Å²) in [6, 6.07) is 15.7. The highest BCUT2D eigenvalue weighted by atomic mass is 79.9. The second-order valence-corrected chi connectivity index (χ2v) is 7.70.